The van der Waals surface area contributed by atoms with Gasteiger partial charge in [0.05, 0.1) is 0 Å². The molecule has 3 atom stereocenters. The molecule has 0 N–H and O–H groups in total. The standard InChI is InChI=1S/C15H20N/c1-3-13-10-14(4-2)15(11-13)12-16-8-6-5-7-9-16/h3-9,13-15H,1-2,10-12H2/q+1. The van der Waals surface area contributed by atoms with Crippen molar-refractivity contribution in [3.8, 4) is 0 Å². The van der Waals surface area contributed by atoms with Gasteiger partial charge < -0.3 is 0 Å². The summed E-state index contributed by atoms with van der Waals surface area (Å²) in [6, 6.07) is 6.23. The lowest BCUT2D eigenvalue weighted by Crippen LogP contribution is -2.37. The molecule has 0 aliphatic heterocycles. The molecule has 2 rings (SSSR count). The van der Waals surface area contributed by atoms with Crippen LogP contribution in [0.5, 0.6) is 0 Å². The van der Waals surface area contributed by atoms with Gasteiger partial charge in [-0.2, -0.15) is 0 Å². The molecule has 1 fully saturated rings. The first kappa shape index (κ1) is 11.1. The Hall–Kier alpha value is -1.37. The van der Waals surface area contributed by atoms with Crippen molar-refractivity contribution in [2.24, 2.45) is 17.8 Å². The maximum atomic E-state index is 3.96. The molecular formula is C15H20N+. The van der Waals surface area contributed by atoms with Crippen molar-refractivity contribution in [3.63, 3.8) is 0 Å². The van der Waals surface area contributed by atoms with Gasteiger partial charge in [0, 0.05) is 18.1 Å². The van der Waals surface area contributed by atoms with Crippen molar-refractivity contribution in [1.82, 2.24) is 0 Å². The molecule has 1 aliphatic rings. The fraction of sp³-hybridized carbons (Fsp3) is 0.400. The Labute approximate surface area is 98.1 Å². The molecule has 1 saturated carbocycles. The number of hydrogen-bond donors (Lipinski definition) is 0. The zero-order valence-electron chi connectivity index (χ0n) is 9.76. The molecule has 0 radical (unpaired) electrons. The van der Waals surface area contributed by atoms with Gasteiger partial charge in [-0.25, -0.2) is 4.57 Å². The molecule has 0 saturated heterocycles. The van der Waals surface area contributed by atoms with Crippen LogP contribution in [0.3, 0.4) is 0 Å². The van der Waals surface area contributed by atoms with Crippen LogP contribution in [-0.4, -0.2) is 0 Å². The maximum absolute atomic E-state index is 3.96. The summed E-state index contributed by atoms with van der Waals surface area (Å²) >= 11 is 0. The molecule has 84 valence electrons. The van der Waals surface area contributed by atoms with E-state index < -0.39 is 0 Å². The van der Waals surface area contributed by atoms with Gasteiger partial charge in [-0.1, -0.05) is 18.2 Å². The van der Waals surface area contributed by atoms with Gasteiger partial charge in [0.2, 0.25) is 0 Å². The van der Waals surface area contributed by atoms with E-state index in [9.17, 15) is 0 Å². The van der Waals surface area contributed by atoms with Crippen molar-refractivity contribution in [3.05, 3.63) is 55.9 Å². The minimum Gasteiger partial charge on any atom is -0.205 e. The van der Waals surface area contributed by atoms with Gasteiger partial charge in [-0.15, -0.1) is 13.2 Å². The molecule has 1 nitrogen and oxygen atoms in total. The number of allylic oxidation sites excluding steroid dienone is 2. The topological polar surface area (TPSA) is 3.88 Å². The zero-order valence-corrected chi connectivity index (χ0v) is 9.76. The third-order valence-corrected chi connectivity index (χ3v) is 3.64. The Morgan fingerprint density at radius 3 is 2.44 bits per heavy atom. The summed E-state index contributed by atoms with van der Waals surface area (Å²) in [6.07, 6.45) is 11.0. The number of hydrogen-bond acceptors (Lipinski definition) is 0. The second-order valence-electron chi connectivity index (χ2n) is 4.70. The van der Waals surface area contributed by atoms with Crippen molar-refractivity contribution in [2.75, 3.05) is 0 Å². The highest BCUT2D eigenvalue weighted by molar-refractivity contribution is 4.97. The zero-order chi connectivity index (χ0) is 11.4. The van der Waals surface area contributed by atoms with E-state index >= 15 is 0 Å². The molecule has 0 amide bonds. The van der Waals surface area contributed by atoms with E-state index in [0.717, 1.165) is 6.54 Å². The summed E-state index contributed by atoms with van der Waals surface area (Å²) in [5.41, 5.74) is 0. The van der Waals surface area contributed by atoms with Crippen LogP contribution in [0.2, 0.25) is 0 Å². The number of aromatic nitrogens is 1. The molecular weight excluding hydrogens is 194 g/mol. The highest BCUT2D eigenvalue weighted by Crippen LogP contribution is 2.37. The number of rotatable bonds is 4. The first-order chi connectivity index (χ1) is 7.83. The maximum Gasteiger partial charge on any atom is 0.168 e. The molecule has 3 unspecified atom stereocenters. The second kappa shape index (κ2) is 5.11. The Bertz CT molecular complexity index is 355. The lowest BCUT2D eigenvalue weighted by molar-refractivity contribution is -0.703. The van der Waals surface area contributed by atoms with Gasteiger partial charge in [-0.3, -0.25) is 0 Å². The van der Waals surface area contributed by atoms with Crippen molar-refractivity contribution in [2.45, 2.75) is 19.4 Å². The van der Waals surface area contributed by atoms with Crippen molar-refractivity contribution in [1.29, 1.82) is 0 Å². The molecule has 0 bridgehead atoms. The van der Waals surface area contributed by atoms with E-state index in [1.807, 2.05) is 0 Å². The Morgan fingerprint density at radius 2 is 1.81 bits per heavy atom. The van der Waals surface area contributed by atoms with Crippen LogP contribution in [0.15, 0.2) is 55.9 Å². The van der Waals surface area contributed by atoms with Gasteiger partial charge >= 0.3 is 0 Å². The van der Waals surface area contributed by atoms with E-state index in [2.05, 4.69) is 60.5 Å². The van der Waals surface area contributed by atoms with Crippen LogP contribution >= 0.6 is 0 Å². The summed E-state index contributed by atoms with van der Waals surface area (Å²) in [6.45, 7) is 8.97. The lowest BCUT2D eigenvalue weighted by Gasteiger charge is -2.11. The van der Waals surface area contributed by atoms with E-state index in [1.165, 1.54) is 12.8 Å². The Balaban J connectivity index is 2.04. The van der Waals surface area contributed by atoms with Gasteiger partial charge in [-0.05, 0) is 24.7 Å². The summed E-state index contributed by atoms with van der Waals surface area (Å²) < 4.78 is 2.27. The van der Waals surface area contributed by atoms with Crippen molar-refractivity contribution < 1.29 is 4.57 Å². The summed E-state index contributed by atoms with van der Waals surface area (Å²) in [7, 11) is 0. The molecule has 1 heteroatoms. The molecule has 1 heterocycles. The Morgan fingerprint density at radius 1 is 1.06 bits per heavy atom. The first-order valence-electron chi connectivity index (χ1n) is 6.02. The van der Waals surface area contributed by atoms with Crippen LogP contribution in [0.25, 0.3) is 0 Å². The van der Waals surface area contributed by atoms with Crippen LogP contribution in [0, 0.1) is 17.8 Å². The van der Waals surface area contributed by atoms with E-state index in [4.69, 9.17) is 0 Å². The number of nitrogens with zero attached hydrogens (tertiary/aromatic N) is 1. The fourth-order valence-corrected chi connectivity index (χ4v) is 2.72. The quantitative estimate of drug-likeness (QED) is 0.536. The minimum atomic E-state index is 0.649. The normalized spacial score (nSPS) is 28.9. The predicted molar refractivity (Wildman–Crippen MR) is 66.7 cm³/mol. The Kier molecular flexibility index (Phi) is 3.55. The molecule has 1 aromatic rings. The largest absolute Gasteiger partial charge is 0.205 e. The molecule has 16 heavy (non-hydrogen) atoms. The number of pyridine rings is 1. The summed E-state index contributed by atoms with van der Waals surface area (Å²) in [4.78, 5) is 0. The highest BCUT2D eigenvalue weighted by atomic mass is 14.9. The van der Waals surface area contributed by atoms with Crippen molar-refractivity contribution >= 4 is 0 Å². The monoisotopic (exact) mass is 214 g/mol. The average molecular weight is 214 g/mol. The van der Waals surface area contributed by atoms with Crippen LogP contribution in [0.4, 0.5) is 0 Å². The highest BCUT2D eigenvalue weighted by Gasteiger charge is 2.33. The van der Waals surface area contributed by atoms with E-state index in [1.54, 1.807) is 0 Å². The predicted octanol–water partition coefficient (Wildman–Crippen LogP) is 2.99. The third-order valence-electron chi connectivity index (χ3n) is 3.64. The molecule has 1 aromatic heterocycles. The summed E-state index contributed by atoms with van der Waals surface area (Å²) in [5, 5.41) is 0. The average Bonchev–Trinajstić information content (AvgIpc) is 2.73. The molecule has 1 aliphatic carbocycles. The van der Waals surface area contributed by atoms with Crippen LogP contribution < -0.4 is 4.57 Å². The fourth-order valence-electron chi connectivity index (χ4n) is 2.72. The third kappa shape index (κ3) is 2.41. The van der Waals surface area contributed by atoms with Gasteiger partial charge in [0.25, 0.3) is 0 Å². The van der Waals surface area contributed by atoms with E-state index in [0.29, 0.717) is 17.8 Å². The summed E-state index contributed by atoms with van der Waals surface area (Å²) in [5.74, 6) is 2.04. The SMILES string of the molecule is C=CC1CC(C=C)C(C[n+]2ccccc2)C1. The van der Waals surface area contributed by atoms with Crippen LogP contribution in [-0.2, 0) is 6.54 Å². The molecule has 0 spiro atoms. The smallest absolute Gasteiger partial charge is 0.168 e. The lowest BCUT2D eigenvalue weighted by atomic mass is 9.96. The van der Waals surface area contributed by atoms with E-state index in [-0.39, 0.29) is 0 Å². The molecule has 0 aromatic carbocycles. The second-order valence-corrected chi connectivity index (χ2v) is 4.70. The van der Waals surface area contributed by atoms with Crippen LogP contribution in [0.1, 0.15) is 12.8 Å². The minimum absolute atomic E-state index is 0.649. The first-order valence-corrected chi connectivity index (χ1v) is 6.02. The van der Waals surface area contributed by atoms with Gasteiger partial charge in [0.15, 0.2) is 18.9 Å². The van der Waals surface area contributed by atoms with Gasteiger partial charge in [0.1, 0.15) is 0 Å².